The molecule has 3 heteroatoms. The van der Waals surface area contributed by atoms with Crippen LogP contribution in [0.25, 0.3) is 0 Å². The fourth-order valence-corrected chi connectivity index (χ4v) is 3.19. The molecule has 2 aromatic carbocycles. The molecular weight excluding hydrogens is 314 g/mol. The van der Waals surface area contributed by atoms with E-state index >= 15 is 0 Å². The molecule has 0 bridgehead atoms. The first-order chi connectivity index (χ1) is 9.51. The molecule has 1 unspecified atom stereocenters. The van der Waals surface area contributed by atoms with Crippen molar-refractivity contribution >= 4 is 21.6 Å². The standard InChI is InChI=1S/C17H20BrNO/c1-4-16(13-5-7-14(20)8-6-13)19-17-12(3)9-11(2)10-15(17)18/h5-10,16,19-20H,4H2,1-3H3. The smallest absolute Gasteiger partial charge is 0.115 e. The number of nitrogens with one attached hydrogen (secondary N) is 1. The van der Waals surface area contributed by atoms with Crippen LogP contribution in [-0.4, -0.2) is 5.11 Å². The Labute approximate surface area is 129 Å². The third kappa shape index (κ3) is 3.34. The summed E-state index contributed by atoms with van der Waals surface area (Å²) in [7, 11) is 0. The third-order valence-electron chi connectivity index (χ3n) is 3.45. The maximum absolute atomic E-state index is 9.39. The van der Waals surface area contributed by atoms with Crippen molar-refractivity contribution in [3.05, 3.63) is 57.6 Å². The third-order valence-corrected chi connectivity index (χ3v) is 4.08. The Hall–Kier alpha value is -1.48. The number of hydrogen-bond donors (Lipinski definition) is 2. The molecule has 2 rings (SSSR count). The number of phenolic OH excluding ortho intramolecular Hbond substituents is 1. The highest BCUT2D eigenvalue weighted by molar-refractivity contribution is 9.10. The Kier molecular flexibility index (Phi) is 4.71. The summed E-state index contributed by atoms with van der Waals surface area (Å²) >= 11 is 3.64. The van der Waals surface area contributed by atoms with E-state index in [0.29, 0.717) is 5.75 Å². The number of halogens is 1. The predicted molar refractivity (Wildman–Crippen MR) is 88.4 cm³/mol. The van der Waals surface area contributed by atoms with Crippen LogP contribution in [0.5, 0.6) is 5.75 Å². The molecular formula is C17H20BrNO. The van der Waals surface area contributed by atoms with Gasteiger partial charge in [0.25, 0.3) is 0 Å². The van der Waals surface area contributed by atoms with Crippen molar-refractivity contribution in [3.8, 4) is 5.75 Å². The summed E-state index contributed by atoms with van der Waals surface area (Å²) in [5.74, 6) is 0.302. The molecule has 0 aliphatic heterocycles. The maximum atomic E-state index is 9.39. The fraction of sp³-hybridized carbons (Fsp3) is 0.294. The van der Waals surface area contributed by atoms with Crippen LogP contribution in [0.2, 0.25) is 0 Å². The largest absolute Gasteiger partial charge is 0.508 e. The van der Waals surface area contributed by atoms with Crippen LogP contribution in [0, 0.1) is 13.8 Å². The van der Waals surface area contributed by atoms with Crippen LogP contribution < -0.4 is 5.32 Å². The first-order valence-electron chi connectivity index (χ1n) is 6.83. The number of benzene rings is 2. The number of hydrogen-bond acceptors (Lipinski definition) is 2. The highest BCUT2D eigenvalue weighted by Crippen LogP contribution is 2.32. The number of aromatic hydroxyl groups is 1. The summed E-state index contributed by atoms with van der Waals surface area (Å²) in [6.07, 6.45) is 0.977. The number of rotatable bonds is 4. The molecule has 20 heavy (non-hydrogen) atoms. The molecule has 106 valence electrons. The summed E-state index contributed by atoms with van der Waals surface area (Å²) in [4.78, 5) is 0. The molecule has 0 saturated carbocycles. The van der Waals surface area contributed by atoms with Crippen LogP contribution in [0.15, 0.2) is 40.9 Å². The van der Waals surface area contributed by atoms with Gasteiger partial charge >= 0.3 is 0 Å². The highest BCUT2D eigenvalue weighted by Gasteiger charge is 2.13. The molecule has 0 aliphatic carbocycles. The van der Waals surface area contributed by atoms with Gasteiger partial charge in [-0.2, -0.15) is 0 Å². The van der Waals surface area contributed by atoms with Gasteiger partial charge in [0, 0.05) is 4.47 Å². The van der Waals surface area contributed by atoms with Crippen molar-refractivity contribution in [2.75, 3.05) is 5.32 Å². The first-order valence-corrected chi connectivity index (χ1v) is 7.62. The molecule has 1 atom stereocenters. The lowest BCUT2D eigenvalue weighted by Crippen LogP contribution is -2.11. The molecule has 2 aromatic rings. The van der Waals surface area contributed by atoms with E-state index < -0.39 is 0 Å². The topological polar surface area (TPSA) is 32.3 Å². The molecule has 0 aromatic heterocycles. The van der Waals surface area contributed by atoms with Crippen molar-refractivity contribution in [1.29, 1.82) is 0 Å². The van der Waals surface area contributed by atoms with Gasteiger partial charge in [0.1, 0.15) is 5.75 Å². The molecule has 0 saturated heterocycles. The van der Waals surface area contributed by atoms with E-state index in [1.165, 1.54) is 16.7 Å². The lowest BCUT2D eigenvalue weighted by Gasteiger charge is -2.22. The van der Waals surface area contributed by atoms with E-state index in [1.807, 2.05) is 12.1 Å². The Morgan fingerprint density at radius 1 is 1.15 bits per heavy atom. The summed E-state index contributed by atoms with van der Waals surface area (Å²) in [5.41, 5.74) is 4.79. The van der Waals surface area contributed by atoms with Crippen LogP contribution in [-0.2, 0) is 0 Å². The summed E-state index contributed by atoms with van der Waals surface area (Å²) in [6, 6.07) is 11.9. The zero-order chi connectivity index (χ0) is 14.7. The summed E-state index contributed by atoms with van der Waals surface area (Å²) in [5, 5.41) is 13.0. The Morgan fingerprint density at radius 2 is 1.80 bits per heavy atom. The molecule has 0 aliphatic rings. The number of anilines is 1. The Balaban J connectivity index is 2.29. The second-order valence-electron chi connectivity index (χ2n) is 5.14. The lowest BCUT2D eigenvalue weighted by molar-refractivity contribution is 0.475. The Bertz CT molecular complexity index is 569. The van der Waals surface area contributed by atoms with Crippen LogP contribution in [0.1, 0.15) is 36.1 Å². The van der Waals surface area contributed by atoms with Gasteiger partial charge in [0.15, 0.2) is 0 Å². The molecule has 0 heterocycles. The van der Waals surface area contributed by atoms with E-state index in [0.717, 1.165) is 16.6 Å². The average Bonchev–Trinajstić information content (AvgIpc) is 2.39. The van der Waals surface area contributed by atoms with E-state index in [2.05, 4.69) is 54.2 Å². The van der Waals surface area contributed by atoms with Crippen molar-refractivity contribution in [1.82, 2.24) is 0 Å². The van der Waals surface area contributed by atoms with Gasteiger partial charge in [-0.05, 0) is 71.1 Å². The number of aryl methyl sites for hydroxylation is 2. The summed E-state index contributed by atoms with van der Waals surface area (Å²) < 4.78 is 1.09. The van der Waals surface area contributed by atoms with E-state index in [4.69, 9.17) is 0 Å². The Morgan fingerprint density at radius 3 is 2.35 bits per heavy atom. The SMILES string of the molecule is CCC(Nc1c(C)cc(C)cc1Br)c1ccc(O)cc1. The first kappa shape index (κ1) is 14.9. The molecule has 0 radical (unpaired) electrons. The minimum Gasteiger partial charge on any atom is -0.508 e. The molecule has 2 nitrogen and oxygen atoms in total. The van der Waals surface area contributed by atoms with Crippen molar-refractivity contribution in [2.24, 2.45) is 0 Å². The fourth-order valence-electron chi connectivity index (χ4n) is 2.40. The van der Waals surface area contributed by atoms with Crippen molar-refractivity contribution < 1.29 is 5.11 Å². The summed E-state index contributed by atoms with van der Waals surface area (Å²) in [6.45, 7) is 6.37. The van der Waals surface area contributed by atoms with Crippen LogP contribution in [0.4, 0.5) is 5.69 Å². The maximum Gasteiger partial charge on any atom is 0.115 e. The van der Waals surface area contributed by atoms with Gasteiger partial charge in [-0.25, -0.2) is 0 Å². The van der Waals surface area contributed by atoms with E-state index in [1.54, 1.807) is 12.1 Å². The molecule has 0 amide bonds. The van der Waals surface area contributed by atoms with Gasteiger partial charge in [0.2, 0.25) is 0 Å². The quantitative estimate of drug-likeness (QED) is 0.791. The van der Waals surface area contributed by atoms with Crippen LogP contribution in [0.3, 0.4) is 0 Å². The second kappa shape index (κ2) is 6.31. The molecule has 0 fully saturated rings. The zero-order valence-electron chi connectivity index (χ0n) is 12.1. The molecule has 0 spiro atoms. The monoisotopic (exact) mass is 333 g/mol. The van der Waals surface area contributed by atoms with E-state index in [-0.39, 0.29) is 6.04 Å². The van der Waals surface area contributed by atoms with Gasteiger partial charge < -0.3 is 10.4 Å². The van der Waals surface area contributed by atoms with Gasteiger partial charge in [-0.15, -0.1) is 0 Å². The lowest BCUT2D eigenvalue weighted by atomic mass is 10.0. The van der Waals surface area contributed by atoms with Gasteiger partial charge in [-0.1, -0.05) is 25.1 Å². The number of phenols is 1. The zero-order valence-corrected chi connectivity index (χ0v) is 13.7. The van der Waals surface area contributed by atoms with Crippen molar-refractivity contribution in [3.63, 3.8) is 0 Å². The minimum absolute atomic E-state index is 0.230. The molecule has 2 N–H and O–H groups in total. The average molecular weight is 334 g/mol. The normalized spacial score (nSPS) is 12.2. The van der Waals surface area contributed by atoms with Crippen molar-refractivity contribution in [2.45, 2.75) is 33.2 Å². The van der Waals surface area contributed by atoms with E-state index in [9.17, 15) is 5.11 Å². The van der Waals surface area contributed by atoms with Crippen LogP contribution >= 0.6 is 15.9 Å². The minimum atomic E-state index is 0.230. The predicted octanol–water partition coefficient (Wildman–Crippen LogP) is 5.33. The highest BCUT2D eigenvalue weighted by atomic mass is 79.9. The van der Waals surface area contributed by atoms with Gasteiger partial charge in [-0.3, -0.25) is 0 Å². The second-order valence-corrected chi connectivity index (χ2v) is 5.99. The van der Waals surface area contributed by atoms with Gasteiger partial charge in [0.05, 0.1) is 11.7 Å².